The van der Waals surface area contributed by atoms with Crippen LogP contribution in [0, 0.1) is 0 Å². The molecule has 0 amide bonds. The fraction of sp³-hybridized carbons (Fsp3) is 0.0909. The number of rotatable bonds is 4. The van der Waals surface area contributed by atoms with Gasteiger partial charge in [0.05, 0.1) is 23.7 Å². The molecule has 0 aliphatic heterocycles. The number of nitrogens with one attached hydrogen (secondary N) is 1. The van der Waals surface area contributed by atoms with E-state index in [1.54, 1.807) is 19.5 Å². The van der Waals surface area contributed by atoms with Crippen molar-refractivity contribution in [3.63, 3.8) is 0 Å². The van der Waals surface area contributed by atoms with E-state index < -0.39 is 0 Å². The van der Waals surface area contributed by atoms with Crippen LogP contribution in [0.1, 0.15) is 0 Å². The van der Waals surface area contributed by atoms with Gasteiger partial charge in [0.2, 0.25) is 5.95 Å². The lowest BCUT2D eigenvalue weighted by Gasteiger charge is -2.12. The summed E-state index contributed by atoms with van der Waals surface area (Å²) >= 11 is 0. The summed E-state index contributed by atoms with van der Waals surface area (Å²) in [5, 5.41) is 4.24. The molecule has 0 atom stereocenters. The van der Waals surface area contributed by atoms with Crippen molar-refractivity contribution in [1.82, 2.24) is 24.5 Å². The fourth-order valence-corrected chi connectivity index (χ4v) is 3.32. The third kappa shape index (κ3) is 3.02. The molecule has 0 radical (unpaired) electrons. The van der Waals surface area contributed by atoms with Crippen molar-refractivity contribution >= 4 is 33.7 Å². The van der Waals surface area contributed by atoms with Gasteiger partial charge in [-0.3, -0.25) is 4.98 Å². The smallest absolute Gasteiger partial charge is 0.209 e. The van der Waals surface area contributed by atoms with E-state index in [0.717, 1.165) is 33.2 Å². The van der Waals surface area contributed by atoms with Gasteiger partial charge in [0.15, 0.2) is 5.82 Å². The lowest BCUT2D eigenvalue weighted by atomic mass is 10.2. The van der Waals surface area contributed by atoms with Gasteiger partial charge in [-0.05, 0) is 42.5 Å². The highest BCUT2D eigenvalue weighted by Gasteiger charge is 2.14. The van der Waals surface area contributed by atoms with Crippen LogP contribution >= 0.6 is 0 Å². The number of pyridine rings is 1. The zero-order chi connectivity index (χ0) is 19.8. The Bertz CT molecular complexity index is 1330. The van der Waals surface area contributed by atoms with Gasteiger partial charge in [0.1, 0.15) is 11.6 Å². The molecule has 0 fully saturated rings. The highest BCUT2D eigenvalue weighted by atomic mass is 16.5. The van der Waals surface area contributed by atoms with E-state index in [1.807, 2.05) is 66.2 Å². The number of ether oxygens (including phenoxy) is 1. The normalized spacial score (nSPS) is 11.1. The zero-order valence-electron chi connectivity index (χ0n) is 16.0. The Morgan fingerprint density at radius 1 is 0.931 bits per heavy atom. The lowest BCUT2D eigenvalue weighted by Crippen LogP contribution is -2.04. The van der Waals surface area contributed by atoms with Crippen LogP contribution < -0.4 is 10.1 Å². The van der Waals surface area contributed by atoms with Gasteiger partial charge < -0.3 is 14.6 Å². The summed E-state index contributed by atoms with van der Waals surface area (Å²) in [6.07, 6.45) is 3.48. The van der Waals surface area contributed by atoms with E-state index in [4.69, 9.17) is 19.7 Å². The highest BCUT2D eigenvalue weighted by Crippen LogP contribution is 2.30. The van der Waals surface area contributed by atoms with Gasteiger partial charge in [-0.15, -0.1) is 0 Å². The minimum atomic E-state index is 0.594. The van der Waals surface area contributed by atoms with Crippen LogP contribution in [0.5, 0.6) is 5.75 Å². The van der Waals surface area contributed by atoms with Crippen LogP contribution in [-0.2, 0) is 7.05 Å². The third-order valence-electron chi connectivity index (χ3n) is 4.84. The summed E-state index contributed by atoms with van der Waals surface area (Å²) in [6.45, 7) is 0. The predicted octanol–water partition coefficient (Wildman–Crippen LogP) is 4.33. The number of para-hydroxylation sites is 2. The van der Waals surface area contributed by atoms with E-state index in [2.05, 4.69) is 10.3 Å². The van der Waals surface area contributed by atoms with Crippen molar-refractivity contribution in [2.24, 2.45) is 7.05 Å². The molecular formula is C22H18N6O. The summed E-state index contributed by atoms with van der Waals surface area (Å²) in [4.78, 5) is 18.4. The molecule has 1 N–H and O–H groups in total. The summed E-state index contributed by atoms with van der Waals surface area (Å²) in [5.74, 6) is 2.69. The van der Waals surface area contributed by atoms with Crippen molar-refractivity contribution in [1.29, 1.82) is 0 Å². The molecule has 7 nitrogen and oxygen atoms in total. The predicted molar refractivity (Wildman–Crippen MR) is 113 cm³/mol. The number of imidazole rings is 1. The lowest BCUT2D eigenvalue weighted by molar-refractivity contribution is 0.415. The molecule has 5 rings (SSSR count). The quantitative estimate of drug-likeness (QED) is 0.498. The number of aryl methyl sites for hydroxylation is 1. The van der Waals surface area contributed by atoms with Crippen molar-refractivity contribution in [2.75, 3.05) is 12.4 Å². The Hall–Kier alpha value is -4.00. The molecule has 2 aromatic carbocycles. The number of anilines is 2. The molecule has 0 unspecified atom stereocenters. The number of hydrogen-bond acceptors (Lipinski definition) is 6. The second-order valence-corrected chi connectivity index (χ2v) is 6.63. The molecule has 0 spiro atoms. The number of nitrogens with zero attached hydrogens (tertiary/aromatic N) is 5. The second kappa shape index (κ2) is 6.87. The van der Waals surface area contributed by atoms with Gasteiger partial charge in [-0.2, -0.15) is 0 Å². The summed E-state index contributed by atoms with van der Waals surface area (Å²) < 4.78 is 7.41. The number of aromatic nitrogens is 5. The minimum absolute atomic E-state index is 0.594. The van der Waals surface area contributed by atoms with Crippen LogP contribution in [0.2, 0.25) is 0 Å². The van der Waals surface area contributed by atoms with E-state index in [1.165, 1.54) is 0 Å². The summed E-state index contributed by atoms with van der Waals surface area (Å²) in [5.41, 5.74) is 3.61. The van der Waals surface area contributed by atoms with Crippen molar-refractivity contribution in [3.8, 4) is 17.1 Å². The van der Waals surface area contributed by atoms with Crippen molar-refractivity contribution in [3.05, 3.63) is 67.0 Å². The average molecular weight is 382 g/mol. The minimum Gasteiger partial charge on any atom is -0.497 e. The Kier molecular flexibility index (Phi) is 4.05. The molecule has 0 saturated carbocycles. The first-order valence-electron chi connectivity index (χ1n) is 9.17. The second-order valence-electron chi connectivity index (χ2n) is 6.63. The molecule has 3 aromatic heterocycles. The number of fused-ring (bicyclic) bond motifs is 2. The van der Waals surface area contributed by atoms with Crippen LogP contribution in [-0.4, -0.2) is 31.6 Å². The van der Waals surface area contributed by atoms with E-state index >= 15 is 0 Å². The summed E-state index contributed by atoms with van der Waals surface area (Å²) in [7, 11) is 3.62. The first-order chi connectivity index (χ1) is 14.2. The average Bonchev–Trinajstić information content (AvgIpc) is 3.09. The zero-order valence-corrected chi connectivity index (χ0v) is 16.0. The summed E-state index contributed by atoms with van der Waals surface area (Å²) in [6, 6.07) is 17.6. The first-order valence-corrected chi connectivity index (χ1v) is 9.17. The van der Waals surface area contributed by atoms with E-state index in [-0.39, 0.29) is 0 Å². The number of benzene rings is 2. The SMILES string of the molecule is COc1ccc2nc(-c3cccnc3)nc(Nc3nc4ccccc4n3C)c2c1. The van der Waals surface area contributed by atoms with Crippen LogP contribution in [0.3, 0.4) is 0 Å². The molecule has 142 valence electrons. The van der Waals surface area contributed by atoms with Gasteiger partial charge in [-0.1, -0.05) is 12.1 Å². The van der Waals surface area contributed by atoms with E-state index in [9.17, 15) is 0 Å². The monoisotopic (exact) mass is 382 g/mol. The van der Waals surface area contributed by atoms with E-state index in [0.29, 0.717) is 17.6 Å². The molecule has 0 bridgehead atoms. The molecule has 5 aromatic rings. The van der Waals surface area contributed by atoms with Crippen molar-refractivity contribution in [2.45, 2.75) is 0 Å². The Labute approximate surface area is 167 Å². The van der Waals surface area contributed by atoms with Gasteiger partial charge >= 0.3 is 0 Å². The molecule has 7 heteroatoms. The molecule has 0 aliphatic carbocycles. The third-order valence-corrected chi connectivity index (χ3v) is 4.84. The van der Waals surface area contributed by atoms with Crippen LogP contribution in [0.15, 0.2) is 67.0 Å². The first kappa shape index (κ1) is 17.1. The molecule has 3 heterocycles. The fourth-order valence-electron chi connectivity index (χ4n) is 3.32. The molecule has 0 aliphatic rings. The number of methoxy groups -OCH3 is 1. The largest absolute Gasteiger partial charge is 0.497 e. The van der Waals surface area contributed by atoms with Crippen LogP contribution in [0.4, 0.5) is 11.8 Å². The maximum atomic E-state index is 5.40. The number of hydrogen-bond donors (Lipinski definition) is 1. The Balaban J connectivity index is 1.70. The maximum Gasteiger partial charge on any atom is 0.209 e. The van der Waals surface area contributed by atoms with Gasteiger partial charge in [-0.25, -0.2) is 15.0 Å². The molecular weight excluding hydrogens is 364 g/mol. The van der Waals surface area contributed by atoms with Crippen LogP contribution in [0.25, 0.3) is 33.3 Å². The molecule has 0 saturated heterocycles. The van der Waals surface area contributed by atoms with Gasteiger partial charge in [0, 0.05) is 30.4 Å². The topological polar surface area (TPSA) is 77.8 Å². The van der Waals surface area contributed by atoms with Gasteiger partial charge in [0.25, 0.3) is 0 Å². The maximum absolute atomic E-state index is 5.40. The van der Waals surface area contributed by atoms with Crippen molar-refractivity contribution < 1.29 is 4.74 Å². The standard InChI is InChI=1S/C22H18N6O/c1-28-19-8-4-3-7-18(19)25-22(28)27-21-16-12-15(29-2)9-10-17(16)24-20(26-21)14-6-5-11-23-13-14/h3-13H,1-2H3,(H,24,25,26,27). The Morgan fingerprint density at radius 3 is 2.62 bits per heavy atom. The molecule has 29 heavy (non-hydrogen) atoms. The highest BCUT2D eigenvalue weighted by molar-refractivity contribution is 5.93. The Morgan fingerprint density at radius 2 is 1.83 bits per heavy atom.